The average Bonchev–Trinajstić information content (AvgIpc) is 4.01. The lowest BCUT2D eigenvalue weighted by molar-refractivity contribution is 1.07. The number of hydrogen-bond donors (Lipinski definition) is 0. The highest BCUT2D eigenvalue weighted by atomic mass is 32.1. The van der Waals surface area contributed by atoms with E-state index in [1.165, 1.54) is 58.3 Å². The first kappa shape index (κ1) is 35.6. The Kier molecular flexibility index (Phi) is 8.01. The molecule has 294 valence electrons. The first-order valence-electron chi connectivity index (χ1n) is 21.2. The molecule has 4 heterocycles. The van der Waals surface area contributed by atoms with Gasteiger partial charge in [-0.25, -0.2) is 15.0 Å². The van der Waals surface area contributed by atoms with E-state index in [1.54, 1.807) is 0 Å². The molecule has 0 saturated heterocycles. The van der Waals surface area contributed by atoms with Crippen LogP contribution in [0.2, 0.25) is 0 Å². The van der Waals surface area contributed by atoms with Crippen molar-refractivity contribution in [2.45, 2.75) is 0 Å². The van der Waals surface area contributed by atoms with Crippen LogP contribution in [0.25, 0.3) is 120 Å². The molecular weight excluding hydrogens is 787 g/mol. The fourth-order valence-corrected chi connectivity index (χ4v) is 10.7. The molecule has 13 aromatic rings. The van der Waals surface area contributed by atoms with Crippen LogP contribution in [0.5, 0.6) is 0 Å². The van der Waals surface area contributed by atoms with Crippen molar-refractivity contribution < 1.29 is 0 Å². The van der Waals surface area contributed by atoms with Gasteiger partial charge < -0.3 is 9.13 Å². The standard InChI is InChI=1S/C57H35N5S/c1-4-17-36(18-5-1)55-58-56(37-19-6-2-7-20-37)60-57(59-55)39-22-16-21-38(31-39)45-32-41(33-48-44-27-12-15-30-53(44)63-54(45)48)62-50-29-14-11-26-43(50)47-34-46-42-25-10-13-28-49(42)61(51(46)35-52(47)62)40-23-8-3-9-24-40/h1-35H. The molecule has 9 aromatic carbocycles. The topological polar surface area (TPSA) is 48.5 Å². The van der Waals surface area contributed by atoms with E-state index in [-0.39, 0.29) is 0 Å². The van der Waals surface area contributed by atoms with Gasteiger partial charge in [-0.15, -0.1) is 11.3 Å². The van der Waals surface area contributed by atoms with Crippen molar-refractivity contribution in [2.75, 3.05) is 0 Å². The summed E-state index contributed by atoms with van der Waals surface area (Å²) in [6.07, 6.45) is 0. The predicted octanol–water partition coefficient (Wildman–Crippen LogP) is 15.1. The quantitative estimate of drug-likeness (QED) is 0.168. The second-order valence-electron chi connectivity index (χ2n) is 16.0. The molecule has 0 unspecified atom stereocenters. The fraction of sp³-hybridized carbons (Fsp3) is 0. The SMILES string of the molecule is c1ccc(-c2nc(-c3ccccc3)nc(-c3cccc(-c4cc(-n5c6ccccc6c6cc7c8ccccc8n(-c8ccccc8)c7cc65)cc5c4sc4ccccc45)c3)n2)cc1. The van der Waals surface area contributed by atoms with Gasteiger partial charge in [0.1, 0.15) is 0 Å². The van der Waals surface area contributed by atoms with Crippen molar-refractivity contribution in [1.29, 1.82) is 0 Å². The second-order valence-corrected chi connectivity index (χ2v) is 17.1. The zero-order chi connectivity index (χ0) is 41.4. The molecular formula is C57H35N5S. The van der Waals surface area contributed by atoms with Crippen LogP contribution in [0.1, 0.15) is 0 Å². The minimum absolute atomic E-state index is 0.633. The van der Waals surface area contributed by atoms with E-state index in [9.17, 15) is 0 Å². The molecule has 0 radical (unpaired) electrons. The minimum Gasteiger partial charge on any atom is -0.309 e. The summed E-state index contributed by atoms with van der Waals surface area (Å²) in [5.74, 6) is 1.92. The summed E-state index contributed by atoms with van der Waals surface area (Å²) >= 11 is 1.85. The average molecular weight is 822 g/mol. The lowest BCUT2D eigenvalue weighted by Gasteiger charge is -2.14. The Morgan fingerprint density at radius 3 is 1.43 bits per heavy atom. The molecule has 0 aliphatic heterocycles. The van der Waals surface area contributed by atoms with Crippen molar-refractivity contribution in [3.05, 3.63) is 212 Å². The third-order valence-electron chi connectivity index (χ3n) is 12.3. The van der Waals surface area contributed by atoms with Gasteiger partial charge in [-0.3, -0.25) is 0 Å². The van der Waals surface area contributed by atoms with Gasteiger partial charge in [0.05, 0.1) is 22.1 Å². The van der Waals surface area contributed by atoms with E-state index < -0.39 is 0 Å². The predicted molar refractivity (Wildman–Crippen MR) is 263 cm³/mol. The number of para-hydroxylation sites is 3. The molecule has 0 aliphatic carbocycles. The molecule has 63 heavy (non-hydrogen) atoms. The van der Waals surface area contributed by atoms with Crippen LogP contribution in [0.4, 0.5) is 0 Å². The number of nitrogens with zero attached hydrogens (tertiary/aromatic N) is 5. The van der Waals surface area contributed by atoms with Crippen LogP contribution in [-0.2, 0) is 0 Å². The van der Waals surface area contributed by atoms with E-state index in [2.05, 4.69) is 185 Å². The normalized spacial score (nSPS) is 11.8. The van der Waals surface area contributed by atoms with Crippen molar-refractivity contribution >= 4 is 75.1 Å². The smallest absolute Gasteiger partial charge is 0.164 e. The van der Waals surface area contributed by atoms with Gasteiger partial charge in [0.15, 0.2) is 17.5 Å². The van der Waals surface area contributed by atoms with Crippen molar-refractivity contribution in [2.24, 2.45) is 0 Å². The first-order valence-corrected chi connectivity index (χ1v) is 22.0. The van der Waals surface area contributed by atoms with Crippen molar-refractivity contribution in [3.63, 3.8) is 0 Å². The second kappa shape index (κ2) is 14.2. The largest absolute Gasteiger partial charge is 0.309 e. The van der Waals surface area contributed by atoms with Gasteiger partial charge in [-0.1, -0.05) is 152 Å². The summed E-state index contributed by atoms with van der Waals surface area (Å²) in [7, 11) is 0. The number of rotatable bonds is 6. The summed E-state index contributed by atoms with van der Waals surface area (Å²) in [6, 6.07) is 75.7. The third kappa shape index (κ3) is 5.73. The molecule has 13 rings (SSSR count). The molecule has 0 bridgehead atoms. The van der Waals surface area contributed by atoms with E-state index in [4.69, 9.17) is 15.0 Å². The van der Waals surface area contributed by atoms with Crippen molar-refractivity contribution in [1.82, 2.24) is 24.1 Å². The van der Waals surface area contributed by atoms with Crippen LogP contribution < -0.4 is 0 Å². The van der Waals surface area contributed by atoms with Gasteiger partial charge in [-0.2, -0.15) is 0 Å². The van der Waals surface area contributed by atoms with E-state index in [0.29, 0.717) is 17.5 Å². The van der Waals surface area contributed by atoms with Crippen molar-refractivity contribution in [3.8, 4) is 56.7 Å². The maximum Gasteiger partial charge on any atom is 0.164 e. The summed E-state index contributed by atoms with van der Waals surface area (Å²) in [5, 5.41) is 7.42. The maximum absolute atomic E-state index is 5.10. The monoisotopic (exact) mass is 821 g/mol. The molecule has 0 spiro atoms. The number of aromatic nitrogens is 5. The number of hydrogen-bond acceptors (Lipinski definition) is 4. The Bertz CT molecular complexity index is 3850. The van der Waals surface area contributed by atoms with Gasteiger partial charge in [-0.05, 0) is 66.2 Å². The molecule has 0 saturated carbocycles. The fourth-order valence-electron chi connectivity index (χ4n) is 9.48. The Labute approximate surface area is 366 Å². The number of thiophene rings is 1. The molecule has 4 aromatic heterocycles. The van der Waals surface area contributed by atoms with Gasteiger partial charge in [0.2, 0.25) is 0 Å². The third-order valence-corrected chi connectivity index (χ3v) is 13.6. The minimum atomic E-state index is 0.633. The highest BCUT2D eigenvalue weighted by Gasteiger charge is 2.21. The van der Waals surface area contributed by atoms with Crippen LogP contribution in [0.3, 0.4) is 0 Å². The zero-order valence-corrected chi connectivity index (χ0v) is 34.7. The summed E-state index contributed by atoms with van der Waals surface area (Å²) in [6.45, 7) is 0. The van der Waals surface area contributed by atoms with Gasteiger partial charge >= 0.3 is 0 Å². The van der Waals surface area contributed by atoms with E-state index in [0.717, 1.165) is 44.7 Å². The van der Waals surface area contributed by atoms with Crippen LogP contribution in [0.15, 0.2) is 212 Å². The molecule has 0 N–H and O–H groups in total. The van der Waals surface area contributed by atoms with Gasteiger partial charge in [0.25, 0.3) is 0 Å². The Balaban J connectivity index is 1.07. The summed E-state index contributed by atoms with van der Waals surface area (Å²) < 4.78 is 7.39. The van der Waals surface area contributed by atoms with Crippen LogP contribution in [-0.4, -0.2) is 24.1 Å². The lowest BCUT2D eigenvalue weighted by atomic mass is 9.99. The van der Waals surface area contributed by atoms with E-state index in [1.807, 2.05) is 47.7 Å². The number of fused-ring (bicyclic) bond motifs is 9. The van der Waals surface area contributed by atoms with Gasteiger partial charge in [0, 0.05) is 75.3 Å². The highest BCUT2D eigenvalue weighted by Crippen LogP contribution is 2.45. The van der Waals surface area contributed by atoms with E-state index >= 15 is 0 Å². The maximum atomic E-state index is 5.10. The number of benzene rings is 9. The Hall–Kier alpha value is -8.19. The highest BCUT2D eigenvalue weighted by molar-refractivity contribution is 7.26. The molecule has 0 amide bonds. The summed E-state index contributed by atoms with van der Waals surface area (Å²) in [5.41, 5.74) is 12.0. The molecule has 6 heteroatoms. The lowest BCUT2D eigenvalue weighted by Crippen LogP contribution is -2.00. The first-order chi connectivity index (χ1) is 31.2. The summed E-state index contributed by atoms with van der Waals surface area (Å²) in [4.78, 5) is 15.2. The molecule has 5 nitrogen and oxygen atoms in total. The molecule has 0 aliphatic rings. The Morgan fingerprint density at radius 2 is 0.794 bits per heavy atom. The van der Waals surface area contributed by atoms with Crippen LogP contribution >= 0.6 is 11.3 Å². The molecule has 0 atom stereocenters. The van der Waals surface area contributed by atoms with Crippen LogP contribution in [0, 0.1) is 0 Å². The zero-order valence-electron chi connectivity index (χ0n) is 33.9. The Morgan fingerprint density at radius 1 is 0.302 bits per heavy atom. The molecule has 0 fully saturated rings.